The van der Waals surface area contributed by atoms with Crippen LogP contribution in [0, 0.1) is 0 Å². The molecule has 0 saturated carbocycles. The molecule has 2 aromatic rings. The van der Waals surface area contributed by atoms with E-state index >= 15 is 0 Å². The van der Waals surface area contributed by atoms with Gasteiger partial charge in [-0.15, -0.1) is 0 Å². The molecular weight excluding hydrogens is 565 g/mol. The van der Waals surface area contributed by atoms with E-state index in [1.165, 1.54) is 11.8 Å². The van der Waals surface area contributed by atoms with Gasteiger partial charge in [-0.2, -0.15) is 0 Å². The SMILES string of the molecule is CCCCNC(=O)[C@H](CC)N(Cc1c(Cl)cccc1Cl)C(=O)CN(c1ccc2c(c1)OCCO2)S(=O)(=O)CC. The summed E-state index contributed by atoms with van der Waals surface area (Å²) in [5.41, 5.74) is 0.726. The highest BCUT2D eigenvalue weighted by atomic mass is 35.5. The molecule has 1 N–H and O–H groups in total. The standard InChI is InChI=1S/C27H35Cl2N3O6S/c1-4-7-13-30-27(34)23(5-2)31(17-20-21(28)9-8-10-22(20)29)26(33)18-32(39(35,36)6-3)19-11-12-24-25(16-19)38-15-14-37-24/h8-12,16,23H,4-7,13-15,17-18H2,1-3H3,(H,30,34)/t23-/m0/s1. The van der Waals surface area contributed by atoms with Crippen molar-refractivity contribution in [1.82, 2.24) is 10.2 Å². The van der Waals surface area contributed by atoms with Crippen LogP contribution in [-0.2, 0) is 26.2 Å². The number of benzene rings is 2. The number of ether oxygens (including phenoxy) is 2. The molecule has 2 amide bonds. The second-order valence-corrected chi connectivity index (χ2v) is 12.0. The number of fused-ring (bicyclic) bond motifs is 1. The van der Waals surface area contributed by atoms with Gasteiger partial charge in [-0.25, -0.2) is 8.42 Å². The van der Waals surface area contributed by atoms with Crippen LogP contribution in [0.25, 0.3) is 0 Å². The van der Waals surface area contributed by atoms with Gasteiger partial charge in [0.15, 0.2) is 11.5 Å². The minimum atomic E-state index is -3.89. The van der Waals surface area contributed by atoms with E-state index in [4.69, 9.17) is 32.7 Å². The van der Waals surface area contributed by atoms with Gasteiger partial charge in [0.25, 0.3) is 0 Å². The van der Waals surface area contributed by atoms with Crippen LogP contribution in [0.5, 0.6) is 11.5 Å². The van der Waals surface area contributed by atoms with Gasteiger partial charge >= 0.3 is 0 Å². The van der Waals surface area contributed by atoms with Crippen LogP contribution in [0.4, 0.5) is 5.69 Å². The number of sulfonamides is 1. The fourth-order valence-electron chi connectivity index (χ4n) is 4.19. The fraction of sp³-hybridized carbons (Fsp3) is 0.481. The van der Waals surface area contributed by atoms with Crippen molar-refractivity contribution >= 4 is 50.7 Å². The van der Waals surface area contributed by atoms with E-state index in [0.29, 0.717) is 53.3 Å². The average molecular weight is 601 g/mol. The summed E-state index contributed by atoms with van der Waals surface area (Å²) >= 11 is 12.8. The van der Waals surface area contributed by atoms with Crippen LogP contribution >= 0.6 is 23.2 Å². The highest BCUT2D eigenvalue weighted by Crippen LogP contribution is 2.35. The van der Waals surface area contributed by atoms with Crippen molar-refractivity contribution in [3.8, 4) is 11.5 Å². The Bertz CT molecular complexity index is 1250. The zero-order chi connectivity index (χ0) is 28.6. The molecule has 9 nitrogen and oxygen atoms in total. The van der Waals surface area contributed by atoms with Gasteiger partial charge in [0.1, 0.15) is 25.8 Å². The molecule has 0 saturated heterocycles. The molecular formula is C27H35Cl2N3O6S. The van der Waals surface area contributed by atoms with E-state index in [1.807, 2.05) is 6.92 Å². The zero-order valence-electron chi connectivity index (χ0n) is 22.4. The van der Waals surface area contributed by atoms with Crippen LogP contribution in [-0.4, -0.2) is 63.2 Å². The van der Waals surface area contributed by atoms with Crippen molar-refractivity contribution in [2.24, 2.45) is 0 Å². The first-order chi connectivity index (χ1) is 18.6. The largest absolute Gasteiger partial charge is 0.486 e. The minimum absolute atomic E-state index is 0.0712. The van der Waals surface area contributed by atoms with E-state index in [9.17, 15) is 18.0 Å². The molecule has 214 valence electrons. The number of hydrogen-bond donors (Lipinski definition) is 1. The summed E-state index contributed by atoms with van der Waals surface area (Å²) in [6.07, 6.45) is 1.99. The number of amides is 2. The second-order valence-electron chi connectivity index (χ2n) is 9.03. The van der Waals surface area contributed by atoms with Gasteiger partial charge in [-0.3, -0.25) is 13.9 Å². The van der Waals surface area contributed by atoms with Crippen LogP contribution in [0.1, 0.15) is 45.6 Å². The Hall–Kier alpha value is -2.69. The van der Waals surface area contributed by atoms with Gasteiger partial charge in [-0.05, 0) is 44.0 Å². The summed E-state index contributed by atoms with van der Waals surface area (Å²) in [6.45, 7) is 5.89. The van der Waals surface area contributed by atoms with E-state index in [0.717, 1.165) is 17.1 Å². The molecule has 1 atom stereocenters. The molecule has 0 radical (unpaired) electrons. The van der Waals surface area contributed by atoms with Crippen LogP contribution in [0.2, 0.25) is 10.0 Å². The van der Waals surface area contributed by atoms with Gasteiger partial charge in [0, 0.05) is 34.8 Å². The molecule has 1 heterocycles. The van der Waals surface area contributed by atoms with Crippen LogP contribution < -0.4 is 19.1 Å². The third-order valence-electron chi connectivity index (χ3n) is 6.40. The third-order valence-corrected chi connectivity index (χ3v) is 8.85. The van der Waals surface area contributed by atoms with Crippen molar-refractivity contribution in [3.63, 3.8) is 0 Å². The molecule has 12 heteroatoms. The average Bonchev–Trinajstić information content (AvgIpc) is 2.92. The Morgan fingerprint density at radius 1 is 1.03 bits per heavy atom. The minimum Gasteiger partial charge on any atom is -0.486 e. The zero-order valence-corrected chi connectivity index (χ0v) is 24.7. The predicted octanol–water partition coefficient (Wildman–Crippen LogP) is 4.64. The number of hydrogen-bond acceptors (Lipinski definition) is 6. The van der Waals surface area contributed by atoms with E-state index < -0.39 is 28.5 Å². The van der Waals surface area contributed by atoms with Crippen molar-refractivity contribution in [2.45, 2.75) is 52.6 Å². The number of nitrogens with one attached hydrogen (secondary N) is 1. The first-order valence-electron chi connectivity index (χ1n) is 13.0. The quantitative estimate of drug-likeness (QED) is 0.336. The number of anilines is 1. The van der Waals surface area contributed by atoms with Gasteiger partial charge < -0.3 is 19.7 Å². The van der Waals surface area contributed by atoms with Gasteiger partial charge in [-0.1, -0.05) is 49.5 Å². The molecule has 0 fully saturated rings. The van der Waals surface area contributed by atoms with Crippen LogP contribution in [0.15, 0.2) is 36.4 Å². The second kappa shape index (κ2) is 14.1. The third kappa shape index (κ3) is 7.70. The maximum absolute atomic E-state index is 13.9. The summed E-state index contributed by atoms with van der Waals surface area (Å²) in [4.78, 5) is 28.5. The lowest BCUT2D eigenvalue weighted by molar-refractivity contribution is -0.140. The monoisotopic (exact) mass is 599 g/mol. The van der Waals surface area contributed by atoms with E-state index in [1.54, 1.807) is 43.3 Å². The Morgan fingerprint density at radius 2 is 1.69 bits per heavy atom. The topological polar surface area (TPSA) is 105 Å². The smallest absolute Gasteiger partial charge is 0.244 e. The van der Waals surface area contributed by atoms with Crippen LogP contribution in [0.3, 0.4) is 0 Å². The highest BCUT2D eigenvalue weighted by molar-refractivity contribution is 7.92. The molecule has 0 bridgehead atoms. The lowest BCUT2D eigenvalue weighted by Crippen LogP contribution is -2.52. The molecule has 39 heavy (non-hydrogen) atoms. The van der Waals surface area contributed by atoms with Gasteiger partial charge in [0.05, 0.1) is 11.4 Å². The lowest BCUT2D eigenvalue weighted by atomic mass is 10.1. The normalized spacial score (nSPS) is 13.5. The van der Waals surface area contributed by atoms with Crippen molar-refractivity contribution < 1.29 is 27.5 Å². The molecule has 0 aliphatic carbocycles. The summed E-state index contributed by atoms with van der Waals surface area (Å²) in [5, 5.41) is 3.56. The predicted molar refractivity (Wildman–Crippen MR) is 153 cm³/mol. The van der Waals surface area contributed by atoms with E-state index in [-0.39, 0.29) is 23.9 Å². The van der Waals surface area contributed by atoms with Crippen molar-refractivity contribution in [3.05, 3.63) is 52.0 Å². The number of carbonyl (C=O) groups excluding carboxylic acids is 2. The maximum Gasteiger partial charge on any atom is 0.244 e. The molecule has 0 aromatic heterocycles. The molecule has 2 aromatic carbocycles. The maximum atomic E-state index is 13.9. The summed E-state index contributed by atoms with van der Waals surface area (Å²) in [6, 6.07) is 8.84. The summed E-state index contributed by atoms with van der Waals surface area (Å²) < 4.78 is 38.6. The number of halogens is 2. The van der Waals surface area contributed by atoms with E-state index in [2.05, 4.69) is 5.32 Å². The van der Waals surface area contributed by atoms with Gasteiger partial charge in [0.2, 0.25) is 21.8 Å². The molecule has 0 unspecified atom stereocenters. The lowest BCUT2D eigenvalue weighted by Gasteiger charge is -2.33. The summed E-state index contributed by atoms with van der Waals surface area (Å²) in [7, 11) is -3.89. The molecule has 1 aliphatic heterocycles. The Morgan fingerprint density at radius 3 is 2.31 bits per heavy atom. The number of nitrogens with zero attached hydrogens (tertiary/aromatic N) is 2. The fourth-order valence-corrected chi connectivity index (χ4v) is 5.76. The first-order valence-corrected chi connectivity index (χ1v) is 15.4. The Labute approximate surface area is 240 Å². The first kappa shape index (κ1) is 30.8. The Kier molecular flexibility index (Phi) is 11.1. The van der Waals surface area contributed by atoms with Crippen molar-refractivity contribution in [2.75, 3.05) is 36.4 Å². The van der Waals surface area contributed by atoms with Crippen molar-refractivity contribution in [1.29, 1.82) is 0 Å². The molecule has 3 rings (SSSR count). The molecule has 1 aliphatic rings. The number of rotatable bonds is 13. The number of carbonyl (C=O) groups is 2. The Balaban J connectivity index is 2.00. The highest BCUT2D eigenvalue weighted by Gasteiger charge is 2.33. The number of unbranched alkanes of at least 4 members (excludes halogenated alkanes) is 1. The molecule has 0 spiro atoms. The summed E-state index contributed by atoms with van der Waals surface area (Å²) in [5.74, 6) is -0.249.